The molecule has 0 unspecified atom stereocenters. The van der Waals surface area contributed by atoms with E-state index in [1.165, 1.54) is 35.4 Å². The Morgan fingerprint density at radius 2 is 2.06 bits per heavy atom. The van der Waals surface area contributed by atoms with Crippen LogP contribution in [0.2, 0.25) is 0 Å². The first-order chi connectivity index (χ1) is 16.5. The number of halogens is 1. The summed E-state index contributed by atoms with van der Waals surface area (Å²) >= 11 is 0. The van der Waals surface area contributed by atoms with Crippen LogP contribution >= 0.6 is 0 Å². The molecule has 3 aromatic rings. The number of amides is 2. The molecule has 0 radical (unpaired) electrons. The fourth-order valence-corrected chi connectivity index (χ4v) is 3.29. The average Bonchev–Trinajstić information content (AvgIpc) is 3.32. The highest BCUT2D eigenvalue weighted by Crippen LogP contribution is 2.34. The second kappa shape index (κ2) is 10.2. The quantitative estimate of drug-likeness (QED) is 0.481. The number of benzene rings is 2. The zero-order valence-electron chi connectivity index (χ0n) is 18.4. The average molecular weight is 467 g/mol. The largest absolute Gasteiger partial charge is 0.482 e. The molecule has 0 fully saturated rings. The molecule has 2 amide bonds. The Hall–Kier alpha value is -4.21. The maximum Gasteiger partial charge on any atom is 0.273 e. The van der Waals surface area contributed by atoms with E-state index in [1.54, 1.807) is 18.2 Å². The topological polar surface area (TPSA) is 111 Å². The van der Waals surface area contributed by atoms with Gasteiger partial charge in [-0.3, -0.25) is 19.3 Å². The molecule has 2 heterocycles. The summed E-state index contributed by atoms with van der Waals surface area (Å²) in [4.78, 5) is 42.8. The van der Waals surface area contributed by atoms with E-state index in [0.717, 1.165) is 6.42 Å². The third kappa shape index (κ3) is 5.06. The van der Waals surface area contributed by atoms with Crippen molar-refractivity contribution in [2.24, 2.45) is 0 Å². The van der Waals surface area contributed by atoms with Gasteiger partial charge in [0, 0.05) is 12.1 Å². The van der Waals surface area contributed by atoms with E-state index in [0.29, 0.717) is 18.0 Å². The van der Waals surface area contributed by atoms with Gasteiger partial charge in [-0.25, -0.2) is 9.37 Å². The van der Waals surface area contributed by atoms with Gasteiger partial charge in [-0.2, -0.15) is 0 Å². The van der Waals surface area contributed by atoms with Crippen LogP contribution in [0.1, 0.15) is 40.1 Å². The van der Waals surface area contributed by atoms with Crippen LogP contribution < -0.4 is 19.7 Å². The Morgan fingerprint density at radius 3 is 2.85 bits per heavy atom. The number of Topliss-reactive ketones (excluding diaryl/α,β-unsaturated/α-hetero) is 1. The highest BCUT2D eigenvalue weighted by atomic mass is 19.1. The molecule has 1 aliphatic heterocycles. The third-order valence-corrected chi connectivity index (χ3v) is 5.03. The van der Waals surface area contributed by atoms with Crippen molar-refractivity contribution in [1.29, 1.82) is 0 Å². The lowest BCUT2D eigenvalue weighted by Crippen LogP contribution is -2.38. The zero-order chi connectivity index (χ0) is 24.1. The molecule has 2 aromatic carbocycles. The van der Waals surface area contributed by atoms with Crippen LogP contribution in [0.25, 0.3) is 0 Å². The molecule has 0 bridgehead atoms. The van der Waals surface area contributed by atoms with Crippen molar-refractivity contribution in [2.75, 3.05) is 24.7 Å². The van der Waals surface area contributed by atoms with Gasteiger partial charge in [0.2, 0.25) is 5.89 Å². The molecule has 1 N–H and O–H groups in total. The van der Waals surface area contributed by atoms with Crippen LogP contribution in [0.3, 0.4) is 0 Å². The van der Waals surface area contributed by atoms with Crippen LogP contribution in [-0.4, -0.2) is 42.3 Å². The molecule has 0 atom stereocenters. The van der Waals surface area contributed by atoms with Crippen LogP contribution in [0.4, 0.5) is 10.1 Å². The summed E-state index contributed by atoms with van der Waals surface area (Å²) < 4.78 is 29.9. The molecule has 10 heteroatoms. The van der Waals surface area contributed by atoms with Gasteiger partial charge in [0.15, 0.2) is 36.3 Å². The van der Waals surface area contributed by atoms with Crippen molar-refractivity contribution in [3.63, 3.8) is 0 Å². The standard InChI is InChI=1S/C24H22FN3O6/c1-2-9-26-24(31)17-12-34-22(27-17)11-28-18-10-15(7-8-21(18)33-14-23(28)30)19(29)13-32-20-6-4-3-5-16(20)25/h3-8,10,12H,2,9,11,13-14H2,1H3,(H,26,31). The summed E-state index contributed by atoms with van der Waals surface area (Å²) in [5, 5.41) is 2.70. The first kappa shape index (κ1) is 23.0. The number of aromatic nitrogens is 1. The molecule has 0 saturated carbocycles. The van der Waals surface area contributed by atoms with E-state index in [2.05, 4.69) is 10.3 Å². The Morgan fingerprint density at radius 1 is 1.24 bits per heavy atom. The van der Waals surface area contributed by atoms with Crippen LogP contribution in [0.5, 0.6) is 11.5 Å². The number of anilines is 1. The van der Waals surface area contributed by atoms with Gasteiger partial charge in [-0.15, -0.1) is 0 Å². The third-order valence-electron chi connectivity index (χ3n) is 5.03. The van der Waals surface area contributed by atoms with Gasteiger partial charge >= 0.3 is 0 Å². The number of hydrogen-bond donors (Lipinski definition) is 1. The summed E-state index contributed by atoms with van der Waals surface area (Å²) in [6, 6.07) is 10.4. The number of nitrogens with zero attached hydrogens (tertiary/aromatic N) is 2. The molecule has 9 nitrogen and oxygen atoms in total. The van der Waals surface area contributed by atoms with Crippen molar-refractivity contribution < 1.29 is 32.7 Å². The van der Waals surface area contributed by atoms with Crippen molar-refractivity contribution in [3.8, 4) is 11.5 Å². The summed E-state index contributed by atoms with van der Waals surface area (Å²) in [6.07, 6.45) is 2.01. The van der Waals surface area contributed by atoms with Crippen LogP contribution in [0, 0.1) is 5.82 Å². The minimum Gasteiger partial charge on any atom is -0.482 e. The van der Waals surface area contributed by atoms with Crippen LogP contribution in [0.15, 0.2) is 53.1 Å². The van der Waals surface area contributed by atoms with Gasteiger partial charge < -0.3 is 19.2 Å². The second-order valence-electron chi connectivity index (χ2n) is 7.48. The second-order valence-corrected chi connectivity index (χ2v) is 7.48. The number of ketones is 1. The number of carbonyl (C=O) groups excluding carboxylic acids is 3. The predicted octanol–water partition coefficient (Wildman–Crippen LogP) is 3.14. The smallest absolute Gasteiger partial charge is 0.273 e. The Balaban J connectivity index is 1.50. The molecule has 4 rings (SSSR count). The van der Waals surface area contributed by atoms with E-state index in [-0.39, 0.29) is 54.5 Å². The molecular formula is C24H22FN3O6. The molecule has 0 saturated heterocycles. The van der Waals surface area contributed by atoms with Crippen molar-refractivity contribution in [2.45, 2.75) is 19.9 Å². The van der Waals surface area contributed by atoms with E-state index >= 15 is 0 Å². The number of para-hydroxylation sites is 1. The van der Waals surface area contributed by atoms with Crippen molar-refractivity contribution in [1.82, 2.24) is 10.3 Å². The van der Waals surface area contributed by atoms with Gasteiger partial charge in [0.05, 0.1) is 5.69 Å². The van der Waals surface area contributed by atoms with Gasteiger partial charge in [-0.05, 0) is 36.8 Å². The molecule has 34 heavy (non-hydrogen) atoms. The molecule has 0 spiro atoms. The summed E-state index contributed by atoms with van der Waals surface area (Å²) in [6.45, 7) is 1.81. The summed E-state index contributed by atoms with van der Waals surface area (Å²) in [5.41, 5.74) is 0.715. The lowest BCUT2D eigenvalue weighted by molar-refractivity contribution is -0.121. The lowest BCUT2D eigenvalue weighted by atomic mass is 10.1. The van der Waals surface area contributed by atoms with E-state index < -0.39 is 11.6 Å². The SMILES string of the molecule is CCCNC(=O)c1coc(CN2C(=O)COc3ccc(C(=O)COc4ccccc4F)cc32)n1. The fraction of sp³-hybridized carbons (Fsp3) is 0.250. The maximum absolute atomic E-state index is 13.7. The first-order valence-electron chi connectivity index (χ1n) is 10.7. The number of hydrogen-bond acceptors (Lipinski definition) is 7. The van der Waals surface area contributed by atoms with E-state index in [1.807, 2.05) is 6.92 Å². The molecular weight excluding hydrogens is 445 g/mol. The highest BCUT2D eigenvalue weighted by molar-refractivity contribution is 6.02. The van der Waals surface area contributed by atoms with E-state index in [4.69, 9.17) is 13.9 Å². The number of oxazole rings is 1. The Labute approximate surface area is 194 Å². The van der Waals surface area contributed by atoms with Gasteiger partial charge in [0.25, 0.3) is 11.8 Å². The zero-order valence-corrected chi connectivity index (χ0v) is 18.4. The van der Waals surface area contributed by atoms with Crippen LogP contribution in [-0.2, 0) is 11.3 Å². The molecule has 1 aromatic heterocycles. The number of nitrogens with one attached hydrogen (secondary N) is 1. The Bertz CT molecular complexity index is 1220. The monoisotopic (exact) mass is 467 g/mol. The Kier molecular flexibility index (Phi) is 6.86. The molecule has 176 valence electrons. The predicted molar refractivity (Wildman–Crippen MR) is 118 cm³/mol. The van der Waals surface area contributed by atoms with E-state index in [9.17, 15) is 18.8 Å². The maximum atomic E-state index is 13.7. The normalized spacial score (nSPS) is 12.6. The highest BCUT2D eigenvalue weighted by Gasteiger charge is 2.28. The lowest BCUT2D eigenvalue weighted by Gasteiger charge is -2.28. The van der Waals surface area contributed by atoms with Crippen molar-refractivity contribution >= 4 is 23.3 Å². The minimum atomic E-state index is -0.570. The van der Waals surface area contributed by atoms with Crippen molar-refractivity contribution in [3.05, 3.63) is 71.7 Å². The number of rotatable bonds is 9. The molecule has 1 aliphatic rings. The number of fused-ring (bicyclic) bond motifs is 1. The summed E-state index contributed by atoms with van der Waals surface area (Å²) in [7, 11) is 0. The molecule has 0 aliphatic carbocycles. The van der Waals surface area contributed by atoms with Gasteiger partial charge in [0.1, 0.15) is 18.6 Å². The first-order valence-corrected chi connectivity index (χ1v) is 10.7. The number of ether oxygens (including phenoxy) is 2. The summed E-state index contributed by atoms with van der Waals surface area (Å²) in [5.74, 6) is -1.18. The number of carbonyl (C=O) groups is 3. The van der Waals surface area contributed by atoms with Gasteiger partial charge in [-0.1, -0.05) is 19.1 Å². The minimum absolute atomic E-state index is 0.0309. The fourth-order valence-electron chi connectivity index (χ4n) is 3.29.